The van der Waals surface area contributed by atoms with E-state index < -0.39 is 11.6 Å². The fourth-order valence-corrected chi connectivity index (χ4v) is 4.08. The van der Waals surface area contributed by atoms with Crippen molar-refractivity contribution in [2.75, 3.05) is 24.3 Å². The van der Waals surface area contributed by atoms with Crippen LogP contribution in [0.1, 0.15) is 36.0 Å². The Morgan fingerprint density at radius 3 is 2.29 bits per heavy atom. The molecule has 0 spiro atoms. The number of carbonyl (C=O) groups is 1. The lowest BCUT2D eigenvalue weighted by Crippen LogP contribution is -2.40. The first kappa shape index (κ1) is 25.4. The van der Waals surface area contributed by atoms with Crippen LogP contribution in [0.15, 0.2) is 54.7 Å². The first-order chi connectivity index (χ1) is 15.9. The van der Waals surface area contributed by atoms with Gasteiger partial charge in [-0.1, -0.05) is 30.3 Å². The second-order valence-electron chi connectivity index (χ2n) is 8.49. The van der Waals surface area contributed by atoms with Crippen LogP contribution >= 0.6 is 12.4 Å². The maximum Gasteiger partial charge on any atom is 0.251 e. The number of hydrogen-bond acceptors (Lipinski definition) is 5. The summed E-state index contributed by atoms with van der Waals surface area (Å²) < 4.78 is 26.5. The van der Waals surface area contributed by atoms with Crippen LogP contribution in [0.2, 0.25) is 0 Å². The summed E-state index contributed by atoms with van der Waals surface area (Å²) in [6.07, 6.45) is 5.06. The molecular formula is C25H28ClF2N5O. The molecule has 4 rings (SSSR count). The molecule has 1 heterocycles. The number of nitrogens with one attached hydrogen (secondary N) is 2. The third-order valence-corrected chi connectivity index (χ3v) is 5.85. The van der Waals surface area contributed by atoms with E-state index in [1.54, 1.807) is 0 Å². The van der Waals surface area contributed by atoms with E-state index in [1.165, 1.54) is 6.07 Å². The van der Waals surface area contributed by atoms with E-state index in [0.717, 1.165) is 54.8 Å². The maximum absolute atomic E-state index is 13.4. The highest BCUT2D eigenvalue weighted by Gasteiger charge is 2.24. The molecule has 1 amide bonds. The second-order valence-corrected chi connectivity index (χ2v) is 8.49. The van der Waals surface area contributed by atoms with E-state index in [1.807, 2.05) is 55.5 Å². The molecule has 2 N–H and O–H groups in total. The van der Waals surface area contributed by atoms with Gasteiger partial charge in [-0.15, -0.1) is 12.4 Å². The Balaban J connectivity index is 0.00000324. The molecule has 6 nitrogen and oxygen atoms in total. The van der Waals surface area contributed by atoms with E-state index in [4.69, 9.17) is 4.98 Å². The molecule has 1 aromatic heterocycles. The van der Waals surface area contributed by atoms with Crippen molar-refractivity contribution in [3.8, 4) is 11.1 Å². The number of benzene rings is 2. The topological polar surface area (TPSA) is 70.2 Å². The van der Waals surface area contributed by atoms with Crippen LogP contribution in [0.5, 0.6) is 0 Å². The van der Waals surface area contributed by atoms with Crippen molar-refractivity contribution in [3.05, 3.63) is 71.9 Å². The average Bonchev–Trinajstić information content (AvgIpc) is 2.82. The van der Waals surface area contributed by atoms with E-state index in [0.29, 0.717) is 5.95 Å². The van der Waals surface area contributed by atoms with Crippen LogP contribution in [-0.4, -0.2) is 42.1 Å². The van der Waals surface area contributed by atoms with Crippen molar-refractivity contribution in [1.82, 2.24) is 15.3 Å². The summed E-state index contributed by atoms with van der Waals surface area (Å²) in [5.41, 5.74) is 2.15. The van der Waals surface area contributed by atoms with Crippen molar-refractivity contribution in [1.29, 1.82) is 0 Å². The van der Waals surface area contributed by atoms with Gasteiger partial charge in [0.05, 0.1) is 0 Å². The quantitative estimate of drug-likeness (QED) is 0.508. The molecule has 1 fully saturated rings. The van der Waals surface area contributed by atoms with Crippen molar-refractivity contribution in [2.24, 2.45) is 0 Å². The van der Waals surface area contributed by atoms with Gasteiger partial charge in [0, 0.05) is 43.5 Å². The van der Waals surface area contributed by atoms with Crippen molar-refractivity contribution in [2.45, 2.75) is 37.8 Å². The Morgan fingerprint density at radius 2 is 1.65 bits per heavy atom. The molecule has 9 heteroatoms. The molecule has 1 aliphatic carbocycles. The molecule has 2 aromatic carbocycles. The highest BCUT2D eigenvalue weighted by molar-refractivity contribution is 5.94. The third kappa shape index (κ3) is 5.99. The van der Waals surface area contributed by atoms with Gasteiger partial charge in [0.1, 0.15) is 5.82 Å². The zero-order valence-electron chi connectivity index (χ0n) is 19.1. The Labute approximate surface area is 204 Å². The summed E-state index contributed by atoms with van der Waals surface area (Å²) in [6, 6.07) is 13.4. The standard InChI is InChI=1S/C25H27F2N5O.ClH/c1-32(2)23-20(16-6-4-3-5-7-16)15-28-25(31-23)30-19-11-9-18(10-12-19)29-24(33)17-8-13-21(26)22(27)14-17;/h3-8,13-15,18-19H,9-12H2,1-2H3,(H,29,33)(H,28,30,31);1H/t18-,19+;. The Bertz CT molecular complexity index is 1120. The van der Waals surface area contributed by atoms with Crippen LogP contribution in [-0.2, 0) is 0 Å². The minimum absolute atomic E-state index is 0. The lowest BCUT2D eigenvalue weighted by molar-refractivity contribution is 0.0926. The molecule has 0 aliphatic heterocycles. The number of hydrogen-bond donors (Lipinski definition) is 2. The molecule has 0 saturated heterocycles. The summed E-state index contributed by atoms with van der Waals surface area (Å²) in [7, 11) is 3.92. The van der Waals surface area contributed by atoms with Crippen LogP contribution in [0.4, 0.5) is 20.5 Å². The van der Waals surface area contributed by atoms with E-state index in [9.17, 15) is 13.6 Å². The molecular weight excluding hydrogens is 460 g/mol. The van der Waals surface area contributed by atoms with Gasteiger partial charge in [-0.2, -0.15) is 4.98 Å². The van der Waals surface area contributed by atoms with Crippen molar-refractivity contribution < 1.29 is 13.6 Å². The first-order valence-corrected chi connectivity index (χ1v) is 11.0. The smallest absolute Gasteiger partial charge is 0.251 e. The lowest BCUT2D eigenvalue weighted by Gasteiger charge is -2.30. The van der Waals surface area contributed by atoms with E-state index in [-0.39, 0.29) is 36.0 Å². The number of halogens is 3. The van der Waals surface area contributed by atoms with Gasteiger partial charge in [-0.05, 0) is 49.4 Å². The second kappa shape index (κ2) is 11.2. The summed E-state index contributed by atoms with van der Waals surface area (Å²) in [4.78, 5) is 23.6. The molecule has 1 aliphatic rings. The predicted octanol–water partition coefficient (Wildman–Crippen LogP) is 5.06. The lowest BCUT2D eigenvalue weighted by atomic mass is 9.91. The fraction of sp³-hybridized carbons (Fsp3) is 0.320. The Hall–Kier alpha value is -3.26. The highest BCUT2D eigenvalue weighted by Crippen LogP contribution is 2.29. The van der Waals surface area contributed by atoms with E-state index >= 15 is 0 Å². The third-order valence-electron chi connectivity index (χ3n) is 5.85. The number of nitrogens with zero attached hydrogens (tertiary/aromatic N) is 3. The van der Waals surface area contributed by atoms with Gasteiger partial charge in [0.25, 0.3) is 5.91 Å². The van der Waals surface area contributed by atoms with Crippen LogP contribution in [0, 0.1) is 11.6 Å². The van der Waals surface area contributed by atoms with Crippen molar-refractivity contribution in [3.63, 3.8) is 0 Å². The average molecular weight is 488 g/mol. The molecule has 0 atom stereocenters. The van der Waals surface area contributed by atoms with Gasteiger partial charge in [0.2, 0.25) is 5.95 Å². The number of rotatable bonds is 6. The SMILES string of the molecule is CN(C)c1nc(N[C@H]2CC[C@@H](NC(=O)c3ccc(F)c(F)c3)CC2)ncc1-c1ccccc1.Cl. The monoisotopic (exact) mass is 487 g/mol. The van der Waals surface area contributed by atoms with E-state index in [2.05, 4.69) is 15.6 Å². The molecule has 0 bridgehead atoms. The van der Waals surface area contributed by atoms with Gasteiger partial charge in [-0.25, -0.2) is 13.8 Å². The van der Waals surface area contributed by atoms with Gasteiger partial charge in [0.15, 0.2) is 11.6 Å². The molecule has 3 aromatic rings. The Kier molecular flexibility index (Phi) is 8.39. The summed E-state index contributed by atoms with van der Waals surface area (Å²) in [5.74, 6) is -0.958. The van der Waals surface area contributed by atoms with Crippen LogP contribution in [0.3, 0.4) is 0 Å². The largest absolute Gasteiger partial charge is 0.362 e. The Morgan fingerprint density at radius 1 is 0.971 bits per heavy atom. The normalized spacial score (nSPS) is 17.4. The first-order valence-electron chi connectivity index (χ1n) is 11.0. The minimum atomic E-state index is -1.02. The van der Waals surface area contributed by atoms with Gasteiger partial charge >= 0.3 is 0 Å². The molecule has 0 radical (unpaired) electrons. The number of aromatic nitrogens is 2. The van der Waals surface area contributed by atoms with Crippen LogP contribution < -0.4 is 15.5 Å². The molecule has 34 heavy (non-hydrogen) atoms. The summed E-state index contributed by atoms with van der Waals surface area (Å²) in [6.45, 7) is 0. The number of carbonyl (C=O) groups excluding carboxylic acids is 1. The van der Waals surface area contributed by atoms with Crippen molar-refractivity contribution >= 4 is 30.1 Å². The minimum Gasteiger partial charge on any atom is -0.362 e. The van der Waals surface area contributed by atoms with Crippen LogP contribution in [0.25, 0.3) is 11.1 Å². The summed E-state index contributed by atoms with van der Waals surface area (Å²) in [5, 5.41) is 6.34. The highest BCUT2D eigenvalue weighted by atomic mass is 35.5. The maximum atomic E-state index is 13.4. The fourth-order valence-electron chi connectivity index (χ4n) is 4.08. The number of anilines is 2. The predicted molar refractivity (Wildman–Crippen MR) is 133 cm³/mol. The van der Waals surface area contributed by atoms with Gasteiger partial charge in [-0.3, -0.25) is 4.79 Å². The summed E-state index contributed by atoms with van der Waals surface area (Å²) >= 11 is 0. The molecule has 0 unspecified atom stereocenters. The molecule has 180 valence electrons. The zero-order chi connectivity index (χ0) is 23.4. The zero-order valence-corrected chi connectivity index (χ0v) is 19.9. The number of amides is 1. The van der Waals surface area contributed by atoms with Gasteiger partial charge < -0.3 is 15.5 Å². The molecule has 1 saturated carbocycles.